The van der Waals surface area contributed by atoms with Gasteiger partial charge < -0.3 is 0 Å². The first kappa shape index (κ1) is 15.0. The molecule has 0 radical (unpaired) electrons. The Morgan fingerprint density at radius 1 is 1.04 bits per heavy atom. The first-order valence-electron chi connectivity index (χ1n) is 6.43. The molecule has 0 aliphatic carbocycles. The Kier molecular flexibility index (Phi) is 3.53. The van der Waals surface area contributed by atoms with Gasteiger partial charge >= 0.3 is 0 Å². The Morgan fingerprint density at radius 2 is 1.78 bits per heavy atom. The molecule has 0 unspecified atom stereocenters. The van der Waals surface area contributed by atoms with E-state index in [2.05, 4.69) is 4.98 Å². The van der Waals surface area contributed by atoms with Gasteiger partial charge in [0.2, 0.25) is 9.84 Å². The van der Waals surface area contributed by atoms with Crippen LogP contribution < -0.4 is 0 Å². The summed E-state index contributed by atoms with van der Waals surface area (Å²) in [6.45, 7) is 0. The van der Waals surface area contributed by atoms with Crippen molar-refractivity contribution in [1.82, 2.24) is 4.98 Å². The number of rotatable bonds is 3. The van der Waals surface area contributed by atoms with Crippen LogP contribution in [-0.2, 0) is 9.84 Å². The van der Waals surface area contributed by atoms with Crippen molar-refractivity contribution in [3.05, 3.63) is 70.7 Å². The van der Waals surface area contributed by atoms with Gasteiger partial charge in [0.1, 0.15) is 11.3 Å². The molecule has 0 atom stereocenters. The predicted molar refractivity (Wildman–Crippen MR) is 80.2 cm³/mol. The number of pyridine rings is 1. The number of aromatic nitrogens is 1. The second kappa shape index (κ2) is 5.40. The summed E-state index contributed by atoms with van der Waals surface area (Å²) in [5.74, 6) is -0.671. The molecule has 8 heteroatoms. The Balaban J connectivity index is 2.19. The van der Waals surface area contributed by atoms with Crippen molar-refractivity contribution in [2.75, 3.05) is 0 Å². The minimum absolute atomic E-state index is 0.0932. The van der Waals surface area contributed by atoms with Crippen LogP contribution in [0.2, 0.25) is 0 Å². The van der Waals surface area contributed by atoms with E-state index in [0.717, 1.165) is 18.3 Å². The van der Waals surface area contributed by atoms with E-state index in [4.69, 9.17) is 0 Å². The van der Waals surface area contributed by atoms with Crippen molar-refractivity contribution in [1.29, 1.82) is 0 Å². The second-order valence-electron chi connectivity index (χ2n) is 4.74. The maximum Gasteiger partial charge on any atom is 0.295 e. The number of benzene rings is 2. The molecule has 23 heavy (non-hydrogen) atoms. The van der Waals surface area contributed by atoms with Gasteiger partial charge in [-0.25, -0.2) is 17.8 Å². The summed E-state index contributed by atoms with van der Waals surface area (Å²) in [4.78, 5) is 13.9. The van der Waals surface area contributed by atoms with Gasteiger partial charge in [-0.3, -0.25) is 10.1 Å². The third kappa shape index (κ3) is 2.64. The lowest BCUT2D eigenvalue weighted by Crippen LogP contribution is -2.03. The molecule has 0 N–H and O–H groups in total. The topological polar surface area (TPSA) is 90.2 Å². The van der Waals surface area contributed by atoms with E-state index in [1.165, 1.54) is 36.4 Å². The van der Waals surface area contributed by atoms with Gasteiger partial charge in [0.25, 0.3) is 5.69 Å². The van der Waals surface area contributed by atoms with E-state index in [-0.39, 0.29) is 21.0 Å². The van der Waals surface area contributed by atoms with Gasteiger partial charge in [0, 0.05) is 17.6 Å². The van der Waals surface area contributed by atoms with E-state index in [1.807, 2.05) is 0 Å². The zero-order valence-electron chi connectivity index (χ0n) is 11.5. The summed E-state index contributed by atoms with van der Waals surface area (Å²) in [5, 5.41) is 11.3. The predicted octanol–water partition coefficient (Wildman–Crippen LogP) is 3.11. The lowest BCUT2D eigenvalue weighted by atomic mass is 10.2. The van der Waals surface area contributed by atoms with E-state index in [9.17, 15) is 22.9 Å². The summed E-state index contributed by atoms with van der Waals surface area (Å²) in [6.07, 6.45) is 1.04. The molecular weight excluding hydrogens is 323 g/mol. The molecule has 0 saturated heterocycles. The molecule has 6 nitrogen and oxygen atoms in total. The maximum atomic E-state index is 13.3. The van der Waals surface area contributed by atoms with Crippen molar-refractivity contribution >= 4 is 26.4 Å². The summed E-state index contributed by atoms with van der Waals surface area (Å²) < 4.78 is 38.3. The van der Waals surface area contributed by atoms with Crippen molar-refractivity contribution < 1.29 is 17.7 Å². The monoisotopic (exact) mass is 332 g/mol. The minimum atomic E-state index is -3.96. The van der Waals surface area contributed by atoms with Crippen LogP contribution in [0.5, 0.6) is 0 Å². The van der Waals surface area contributed by atoms with Gasteiger partial charge in [0.05, 0.1) is 14.7 Å². The second-order valence-corrected chi connectivity index (χ2v) is 6.69. The lowest BCUT2D eigenvalue weighted by Gasteiger charge is -2.06. The molecule has 0 bridgehead atoms. The number of sulfone groups is 1. The highest BCUT2D eigenvalue weighted by atomic mass is 32.2. The van der Waals surface area contributed by atoms with Crippen molar-refractivity contribution in [2.24, 2.45) is 0 Å². The highest BCUT2D eigenvalue weighted by Gasteiger charge is 2.21. The van der Waals surface area contributed by atoms with E-state index >= 15 is 0 Å². The number of fused-ring (bicyclic) bond motifs is 1. The molecule has 3 rings (SSSR count). The number of halogens is 1. The standard InChI is InChI=1S/C15H9FN2O4S/c16-11-4-2-5-12(8-11)23(21,22)13-7-10-3-1-6-14(18(19)20)15(10)17-9-13/h1-9H. The first-order chi connectivity index (χ1) is 10.9. The molecule has 0 aliphatic rings. The highest BCUT2D eigenvalue weighted by molar-refractivity contribution is 7.91. The summed E-state index contributed by atoms with van der Waals surface area (Å²) in [7, 11) is -3.96. The zero-order valence-corrected chi connectivity index (χ0v) is 12.3. The van der Waals surface area contributed by atoms with Crippen LogP contribution in [0.4, 0.5) is 10.1 Å². The van der Waals surface area contributed by atoms with Crippen LogP contribution in [0.3, 0.4) is 0 Å². The Morgan fingerprint density at radius 3 is 2.48 bits per heavy atom. The fraction of sp³-hybridized carbons (Fsp3) is 0. The fourth-order valence-electron chi connectivity index (χ4n) is 2.19. The molecule has 0 fully saturated rings. The van der Waals surface area contributed by atoms with Crippen LogP contribution in [-0.4, -0.2) is 18.3 Å². The first-order valence-corrected chi connectivity index (χ1v) is 7.92. The number of hydrogen-bond acceptors (Lipinski definition) is 5. The van der Waals surface area contributed by atoms with Crippen molar-refractivity contribution in [3.63, 3.8) is 0 Å². The van der Waals surface area contributed by atoms with Gasteiger partial charge in [-0.15, -0.1) is 0 Å². The van der Waals surface area contributed by atoms with Crippen LogP contribution in [0, 0.1) is 15.9 Å². The average molecular weight is 332 g/mol. The Labute approximate surface area is 130 Å². The van der Waals surface area contributed by atoms with Gasteiger partial charge in [-0.05, 0) is 24.3 Å². The molecule has 0 amide bonds. The van der Waals surface area contributed by atoms with Gasteiger partial charge in [0.15, 0.2) is 0 Å². The Bertz CT molecular complexity index is 1030. The maximum absolute atomic E-state index is 13.3. The molecule has 0 saturated carbocycles. The van der Waals surface area contributed by atoms with Crippen molar-refractivity contribution in [3.8, 4) is 0 Å². The molecule has 0 aliphatic heterocycles. The molecule has 1 aromatic heterocycles. The van der Waals surface area contributed by atoms with E-state index < -0.39 is 20.6 Å². The van der Waals surface area contributed by atoms with Crippen LogP contribution in [0.1, 0.15) is 0 Å². The third-order valence-electron chi connectivity index (χ3n) is 3.28. The fourth-order valence-corrected chi connectivity index (χ4v) is 3.46. The molecule has 1 heterocycles. The van der Waals surface area contributed by atoms with Crippen LogP contribution in [0.15, 0.2) is 64.5 Å². The number of non-ortho nitro benzene ring substituents is 1. The van der Waals surface area contributed by atoms with E-state index in [0.29, 0.717) is 5.39 Å². The largest absolute Gasteiger partial charge is 0.295 e. The zero-order chi connectivity index (χ0) is 16.6. The highest BCUT2D eigenvalue weighted by Crippen LogP contribution is 2.27. The molecular formula is C15H9FN2O4S. The van der Waals surface area contributed by atoms with Crippen LogP contribution in [0.25, 0.3) is 10.9 Å². The number of nitro benzene ring substituents is 1. The smallest absolute Gasteiger partial charge is 0.258 e. The molecule has 116 valence electrons. The average Bonchev–Trinajstić information content (AvgIpc) is 2.53. The normalized spacial score (nSPS) is 11.5. The van der Waals surface area contributed by atoms with Gasteiger partial charge in [-0.2, -0.15) is 0 Å². The molecule has 0 spiro atoms. The molecule has 3 aromatic rings. The SMILES string of the molecule is O=[N+]([O-])c1cccc2cc(S(=O)(=O)c3cccc(F)c3)cnc12. The number of hydrogen-bond donors (Lipinski definition) is 0. The Hall–Kier alpha value is -2.87. The summed E-state index contributed by atoms with van der Waals surface area (Å²) >= 11 is 0. The van der Waals surface area contributed by atoms with Crippen molar-refractivity contribution in [2.45, 2.75) is 9.79 Å². The molecule has 2 aromatic carbocycles. The third-order valence-corrected chi connectivity index (χ3v) is 5.00. The number of nitrogens with zero attached hydrogens (tertiary/aromatic N) is 2. The quantitative estimate of drug-likeness (QED) is 0.543. The summed E-state index contributed by atoms with van der Waals surface area (Å²) in [5.41, 5.74) is -0.118. The number of nitro groups is 1. The van der Waals surface area contributed by atoms with Crippen LogP contribution >= 0.6 is 0 Å². The van der Waals surface area contributed by atoms with Gasteiger partial charge in [-0.1, -0.05) is 18.2 Å². The minimum Gasteiger partial charge on any atom is -0.258 e. The summed E-state index contributed by atoms with van der Waals surface area (Å²) in [6, 6.07) is 10.2. The number of para-hydroxylation sites is 1. The van der Waals surface area contributed by atoms with E-state index in [1.54, 1.807) is 0 Å². The lowest BCUT2D eigenvalue weighted by molar-refractivity contribution is -0.383.